The fourth-order valence-corrected chi connectivity index (χ4v) is 4.99. The summed E-state index contributed by atoms with van der Waals surface area (Å²) in [6.07, 6.45) is -0.122. The number of amides is 2. The molecule has 2 amide bonds. The highest BCUT2D eigenvalue weighted by atomic mass is 35.5. The monoisotopic (exact) mass is 577 g/mol. The van der Waals surface area contributed by atoms with Crippen LogP contribution in [0.4, 0.5) is 24.5 Å². The van der Waals surface area contributed by atoms with Gasteiger partial charge in [-0.05, 0) is 66.2 Å². The minimum absolute atomic E-state index is 0.111. The second-order valence-electron chi connectivity index (χ2n) is 8.41. The molecular weight excluding hydrogens is 559 g/mol. The Morgan fingerprint density at radius 3 is 2.54 bits per heavy atom. The second-order valence-corrected chi connectivity index (χ2v) is 10.0. The van der Waals surface area contributed by atoms with E-state index in [1.54, 1.807) is 18.2 Å². The van der Waals surface area contributed by atoms with Gasteiger partial charge in [-0.25, -0.2) is 9.38 Å². The summed E-state index contributed by atoms with van der Waals surface area (Å²) in [6.45, 7) is 0.268. The molecule has 3 aromatic carbocycles. The molecule has 1 saturated heterocycles. The molecule has 1 atom stereocenters. The average molecular weight is 578 g/mol. The fraction of sp³-hybridized carbons (Fsp3) is 0.192. The number of alkyl halides is 3. The highest BCUT2D eigenvalue weighted by molar-refractivity contribution is 8.15. The molecule has 0 unspecified atom stereocenters. The van der Waals surface area contributed by atoms with Gasteiger partial charge >= 0.3 is 5.57 Å². The van der Waals surface area contributed by atoms with Crippen LogP contribution in [0.15, 0.2) is 71.7 Å². The van der Waals surface area contributed by atoms with Gasteiger partial charge in [0, 0.05) is 23.7 Å². The quantitative estimate of drug-likeness (QED) is 0.353. The van der Waals surface area contributed by atoms with Crippen molar-refractivity contribution in [3.8, 4) is 17.2 Å². The molecule has 0 aliphatic carbocycles. The first-order valence-electron chi connectivity index (χ1n) is 11.5. The summed E-state index contributed by atoms with van der Waals surface area (Å²) in [5.74, 6) is -0.300. The average Bonchev–Trinajstić information content (AvgIpc) is 3.35. The topological polar surface area (TPSA) is 89.5 Å². The zero-order chi connectivity index (χ0) is 27.6. The van der Waals surface area contributed by atoms with Crippen LogP contribution in [0, 0.1) is 5.82 Å². The van der Waals surface area contributed by atoms with E-state index in [0.717, 1.165) is 17.3 Å². The minimum Gasteiger partial charge on any atom is -0.454 e. The summed E-state index contributed by atoms with van der Waals surface area (Å²) < 4.78 is 54.1. The van der Waals surface area contributed by atoms with Crippen LogP contribution in [0.2, 0.25) is 0 Å². The molecule has 3 aromatic rings. The van der Waals surface area contributed by atoms with Crippen molar-refractivity contribution in [1.82, 2.24) is 4.90 Å². The molecule has 1 fully saturated rings. The lowest BCUT2D eigenvalue weighted by Gasteiger charge is -2.32. The Hall–Kier alpha value is -3.90. The van der Waals surface area contributed by atoms with Crippen LogP contribution in [-0.4, -0.2) is 39.5 Å². The maximum absolute atomic E-state index is 13.4. The fourth-order valence-electron chi connectivity index (χ4n) is 3.81. The number of ether oxygens (including phenoxy) is 3. The van der Waals surface area contributed by atoms with Gasteiger partial charge in [-0.3, -0.25) is 14.5 Å². The van der Waals surface area contributed by atoms with Crippen molar-refractivity contribution in [2.75, 3.05) is 12.1 Å². The molecule has 0 saturated carbocycles. The number of thioether (sulfide) groups is 1. The van der Waals surface area contributed by atoms with Gasteiger partial charge in [0.05, 0.1) is 12.2 Å². The Bertz CT molecular complexity index is 1420. The maximum Gasteiger partial charge on any atom is 0.487 e. The summed E-state index contributed by atoms with van der Waals surface area (Å²) in [6, 6.07) is 15.9. The van der Waals surface area contributed by atoms with E-state index in [2.05, 4.69) is 15.0 Å². The number of aliphatic imine (C=N–C) groups is 1. The van der Waals surface area contributed by atoms with Crippen LogP contribution >= 0.6 is 23.4 Å². The van der Waals surface area contributed by atoms with Crippen LogP contribution in [0.25, 0.3) is 0 Å². The molecule has 13 heteroatoms. The first kappa shape index (κ1) is 26.7. The van der Waals surface area contributed by atoms with Crippen molar-refractivity contribution >= 4 is 51.7 Å². The third kappa shape index (κ3) is 6.76. The van der Waals surface area contributed by atoms with Gasteiger partial charge in [0.2, 0.25) is 18.6 Å². The third-order valence-electron chi connectivity index (χ3n) is 5.62. The van der Waals surface area contributed by atoms with E-state index in [1.165, 1.54) is 53.4 Å². The summed E-state index contributed by atoms with van der Waals surface area (Å²) in [5.41, 5.74) is -2.41. The lowest BCUT2D eigenvalue weighted by atomic mass is 10.1. The van der Waals surface area contributed by atoms with Crippen molar-refractivity contribution in [2.24, 2.45) is 4.99 Å². The highest BCUT2D eigenvalue weighted by Crippen LogP contribution is 2.35. The molecule has 2 aliphatic heterocycles. The number of nitrogens with zero attached hydrogens (tertiary/aromatic N) is 2. The van der Waals surface area contributed by atoms with E-state index < -0.39 is 22.5 Å². The van der Waals surface area contributed by atoms with Crippen LogP contribution in [0.3, 0.4) is 0 Å². The molecule has 8 nitrogen and oxygen atoms in total. The van der Waals surface area contributed by atoms with Crippen LogP contribution in [-0.2, 0) is 16.1 Å². The van der Waals surface area contributed by atoms with Crippen molar-refractivity contribution < 1.29 is 37.0 Å². The number of amidine groups is 1. The van der Waals surface area contributed by atoms with Crippen molar-refractivity contribution in [1.29, 1.82) is 0 Å². The van der Waals surface area contributed by atoms with Crippen LogP contribution in [0.1, 0.15) is 12.0 Å². The van der Waals surface area contributed by atoms with Gasteiger partial charge in [0.25, 0.3) is 0 Å². The van der Waals surface area contributed by atoms with Crippen molar-refractivity contribution in [3.05, 3.63) is 78.1 Å². The Kier molecular flexibility index (Phi) is 7.58. The number of nitrogens with one attached hydrogen (secondary N) is 1. The molecule has 0 spiro atoms. The lowest BCUT2D eigenvalue weighted by Crippen LogP contribution is -2.44. The van der Waals surface area contributed by atoms with E-state index in [9.17, 15) is 22.8 Å². The van der Waals surface area contributed by atoms with E-state index in [-0.39, 0.29) is 36.6 Å². The number of carbonyl (C=O) groups is 2. The van der Waals surface area contributed by atoms with Crippen molar-refractivity contribution in [3.63, 3.8) is 0 Å². The van der Waals surface area contributed by atoms with Gasteiger partial charge in [0.15, 0.2) is 16.7 Å². The Labute approximate surface area is 229 Å². The van der Waals surface area contributed by atoms with Crippen LogP contribution < -0.4 is 19.5 Å². The first-order valence-corrected chi connectivity index (χ1v) is 12.8. The second kappa shape index (κ2) is 11.1. The van der Waals surface area contributed by atoms with Gasteiger partial charge in [-0.2, -0.15) is 0 Å². The zero-order valence-corrected chi connectivity index (χ0v) is 21.5. The Morgan fingerprint density at radius 2 is 1.82 bits per heavy atom. The number of benzene rings is 3. The zero-order valence-electron chi connectivity index (χ0n) is 19.9. The van der Waals surface area contributed by atoms with Crippen molar-refractivity contribution in [2.45, 2.75) is 23.8 Å². The Balaban J connectivity index is 1.34. The number of fused-ring (bicyclic) bond motifs is 1. The molecule has 0 bridgehead atoms. The molecule has 2 aliphatic rings. The Morgan fingerprint density at radius 1 is 1.10 bits per heavy atom. The SMILES string of the molecule is O=C(Nc1ccc(OC(F)(F)Cl)cc1)[C@H]1CC(=O)N(Cc2ccc3c(c2)OCO3)C(=Nc2ccc(F)cc2)S1. The summed E-state index contributed by atoms with van der Waals surface area (Å²) >= 11 is 5.85. The molecule has 0 radical (unpaired) electrons. The highest BCUT2D eigenvalue weighted by Gasteiger charge is 2.36. The van der Waals surface area contributed by atoms with E-state index in [0.29, 0.717) is 22.9 Å². The number of carbonyl (C=O) groups excluding carboxylic acids is 2. The predicted molar refractivity (Wildman–Crippen MR) is 139 cm³/mol. The molecule has 0 aromatic heterocycles. The smallest absolute Gasteiger partial charge is 0.454 e. The number of hydrogen-bond donors (Lipinski definition) is 1. The van der Waals surface area contributed by atoms with Crippen LogP contribution in [0.5, 0.6) is 17.2 Å². The predicted octanol–water partition coefficient (Wildman–Crippen LogP) is 5.88. The number of rotatable bonds is 7. The van der Waals surface area contributed by atoms with Gasteiger partial charge < -0.3 is 19.5 Å². The number of halogens is 4. The largest absolute Gasteiger partial charge is 0.487 e. The summed E-state index contributed by atoms with van der Waals surface area (Å²) in [4.78, 5) is 32.3. The molecule has 2 heterocycles. The van der Waals surface area contributed by atoms with E-state index in [1.807, 2.05) is 0 Å². The normalized spacial score (nSPS) is 17.8. The molecular formula is C26H19ClF3N3O5S. The third-order valence-corrected chi connectivity index (χ3v) is 6.88. The van der Waals surface area contributed by atoms with E-state index in [4.69, 9.17) is 21.1 Å². The standard InChI is InChI=1S/C26H19ClF3N3O5S/c27-26(29,30)38-19-8-6-17(7-9-19)31-24(35)22-12-23(34)33(13-15-1-10-20-21(11-15)37-14-36-20)25(39-22)32-18-4-2-16(28)3-5-18/h1-11,22H,12-14H2,(H,31,35)/t22-/m1/s1. The van der Waals surface area contributed by atoms with Gasteiger partial charge in [-0.1, -0.05) is 17.8 Å². The van der Waals surface area contributed by atoms with Gasteiger partial charge in [-0.15, -0.1) is 8.78 Å². The van der Waals surface area contributed by atoms with E-state index >= 15 is 0 Å². The summed E-state index contributed by atoms with van der Waals surface area (Å²) in [7, 11) is 0. The minimum atomic E-state index is -3.86. The molecule has 202 valence electrons. The maximum atomic E-state index is 13.4. The lowest BCUT2D eigenvalue weighted by molar-refractivity contribution is -0.129. The molecule has 5 rings (SSSR count). The summed E-state index contributed by atoms with van der Waals surface area (Å²) in [5, 5.41) is 2.08. The van der Waals surface area contributed by atoms with Gasteiger partial charge in [0.1, 0.15) is 16.8 Å². The molecule has 1 N–H and O–H groups in total. The number of hydrogen-bond acceptors (Lipinski definition) is 7. The first-order chi connectivity index (χ1) is 18.6. The number of anilines is 1. The molecule has 39 heavy (non-hydrogen) atoms.